The minimum Gasteiger partial charge on any atom is -0.497 e. The number of benzene rings is 2. The predicted molar refractivity (Wildman–Crippen MR) is 118 cm³/mol. The maximum atomic E-state index is 13.0. The van der Waals surface area contributed by atoms with Crippen LogP contribution in [0.2, 0.25) is 0 Å². The van der Waals surface area contributed by atoms with Crippen molar-refractivity contribution >= 4 is 23.2 Å². The zero-order valence-corrected chi connectivity index (χ0v) is 18.2. The zero-order valence-electron chi connectivity index (χ0n) is 17.4. The van der Waals surface area contributed by atoms with Gasteiger partial charge in [-0.05, 0) is 34.7 Å². The van der Waals surface area contributed by atoms with Crippen molar-refractivity contribution in [1.29, 1.82) is 0 Å². The third-order valence-corrected chi connectivity index (χ3v) is 7.30. The van der Waals surface area contributed by atoms with Crippen LogP contribution in [-0.4, -0.2) is 26.0 Å². The fourth-order valence-electron chi connectivity index (χ4n) is 5.01. The SMILES string of the molecule is COc1cc(OC)c2c(c1)[C@@]1(NC(=O)c3ccccc31)[C@@H](C)[C@@H]2NC(=O)c1cccs1. The van der Waals surface area contributed by atoms with E-state index in [-0.39, 0.29) is 23.8 Å². The second-order valence-electron chi connectivity index (χ2n) is 7.82. The van der Waals surface area contributed by atoms with Crippen LogP contribution in [0.25, 0.3) is 0 Å². The summed E-state index contributed by atoms with van der Waals surface area (Å²) in [5, 5.41) is 8.31. The number of hydrogen-bond donors (Lipinski definition) is 2. The molecule has 31 heavy (non-hydrogen) atoms. The number of amides is 2. The summed E-state index contributed by atoms with van der Waals surface area (Å²) in [6.45, 7) is 2.05. The molecule has 0 saturated heterocycles. The molecule has 0 bridgehead atoms. The van der Waals surface area contributed by atoms with Crippen LogP contribution in [0, 0.1) is 5.92 Å². The lowest BCUT2D eigenvalue weighted by Gasteiger charge is -2.33. The molecule has 3 atom stereocenters. The number of rotatable bonds is 4. The molecule has 2 N–H and O–H groups in total. The van der Waals surface area contributed by atoms with Gasteiger partial charge in [0, 0.05) is 23.1 Å². The van der Waals surface area contributed by atoms with Crippen LogP contribution in [0.15, 0.2) is 53.9 Å². The van der Waals surface area contributed by atoms with Crippen molar-refractivity contribution < 1.29 is 19.1 Å². The smallest absolute Gasteiger partial charge is 0.261 e. The highest BCUT2D eigenvalue weighted by Crippen LogP contribution is 2.57. The van der Waals surface area contributed by atoms with Crippen molar-refractivity contribution in [2.75, 3.05) is 14.2 Å². The molecule has 0 saturated carbocycles. The van der Waals surface area contributed by atoms with Gasteiger partial charge in [0.05, 0.1) is 30.7 Å². The van der Waals surface area contributed by atoms with E-state index >= 15 is 0 Å². The average Bonchev–Trinajstić information content (AvgIpc) is 3.48. The number of nitrogens with one attached hydrogen (secondary N) is 2. The fraction of sp³-hybridized carbons (Fsp3) is 0.250. The first-order valence-electron chi connectivity index (χ1n) is 10.0. The number of carbonyl (C=O) groups is 2. The van der Waals surface area contributed by atoms with Crippen LogP contribution in [0.5, 0.6) is 11.5 Å². The summed E-state index contributed by atoms with van der Waals surface area (Å²) in [7, 11) is 3.20. The lowest BCUT2D eigenvalue weighted by atomic mass is 9.78. The summed E-state index contributed by atoms with van der Waals surface area (Å²) in [5.74, 6) is 0.810. The summed E-state index contributed by atoms with van der Waals surface area (Å²) in [6.07, 6.45) is 0. The first-order chi connectivity index (χ1) is 15.0. The molecular formula is C24H22N2O4S. The van der Waals surface area contributed by atoms with E-state index in [1.807, 2.05) is 54.8 Å². The Morgan fingerprint density at radius 2 is 1.90 bits per heavy atom. The van der Waals surface area contributed by atoms with Gasteiger partial charge in [-0.25, -0.2) is 0 Å². The van der Waals surface area contributed by atoms with E-state index in [0.29, 0.717) is 21.9 Å². The highest BCUT2D eigenvalue weighted by atomic mass is 32.1. The Bertz CT molecular complexity index is 1190. The molecule has 6 nitrogen and oxygen atoms in total. The van der Waals surface area contributed by atoms with Crippen molar-refractivity contribution in [3.05, 3.63) is 81.0 Å². The molecular weight excluding hydrogens is 412 g/mol. The first kappa shape index (κ1) is 19.6. The van der Waals surface area contributed by atoms with Gasteiger partial charge in [-0.1, -0.05) is 31.2 Å². The number of carbonyl (C=O) groups excluding carboxylic acids is 2. The Kier molecular flexibility index (Phi) is 4.51. The van der Waals surface area contributed by atoms with Gasteiger partial charge < -0.3 is 20.1 Å². The van der Waals surface area contributed by atoms with Gasteiger partial charge in [0.1, 0.15) is 11.5 Å². The van der Waals surface area contributed by atoms with Gasteiger partial charge in [0.2, 0.25) is 0 Å². The van der Waals surface area contributed by atoms with Crippen LogP contribution in [-0.2, 0) is 5.54 Å². The second-order valence-corrected chi connectivity index (χ2v) is 8.76. The summed E-state index contributed by atoms with van der Waals surface area (Å²) in [5.41, 5.74) is 2.49. The van der Waals surface area contributed by atoms with E-state index in [4.69, 9.17) is 9.47 Å². The largest absolute Gasteiger partial charge is 0.497 e. The van der Waals surface area contributed by atoms with Crippen molar-refractivity contribution in [1.82, 2.24) is 10.6 Å². The fourth-order valence-corrected chi connectivity index (χ4v) is 5.63. The van der Waals surface area contributed by atoms with E-state index in [9.17, 15) is 9.59 Å². The van der Waals surface area contributed by atoms with Gasteiger partial charge in [-0.15, -0.1) is 11.3 Å². The van der Waals surface area contributed by atoms with Crippen LogP contribution in [0.4, 0.5) is 0 Å². The predicted octanol–water partition coefficient (Wildman–Crippen LogP) is 3.87. The number of methoxy groups -OCH3 is 2. The van der Waals surface area contributed by atoms with Gasteiger partial charge in [0.15, 0.2) is 0 Å². The number of fused-ring (bicyclic) bond motifs is 4. The molecule has 5 rings (SSSR count). The second kappa shape index (κ2) is 7.13. The molecule has 1 aliphatic carbocycles. The molecule has 0 unspecified atom stereocenters. The third-order valence-electron chi connectivity index (χ3n) is 6.43. The molecule has 2 amide bonds. The maximum Gasteiger partial charge on any atom is 0.261 e. The van der Waals surface area contributed by atoms with E-state index in [1.54, 1.807) is 20.3 Å². The summed E-state index contributed by atoms with van der Waals surface area (Å²) in [6, 6.07) is 14.6. The van der Waals surface area contributed by atoms with Crippen molar-refractivity contribution in [2.45, 2.75) is 18.5 Å². The maximum absolute atomic E-state index is 13.0. The van der Waals surface area contributed by atoms with E-state index in [0.717, 1.165) is 16.7 Å². The van der Waals surface area contributed by atoms with Crippen LogP contribution >= 0.6 is 11.3 Å². The van der Waals surface area contributed by atoms with Gasteiger partial charge >= 0.3 is 0 Å². The molecule has 158 valence electrons. The molecule has 2 aliphatic rings. The topological polar surface area (TPSA) is 76.7 Å². The van der Waals surface area contributed by atoms with Crippen LogP contribution < -0.4 is 20.1 Å². The Morgan fingerprint density at radius 1 is 1.10 bits per heavy atom. The minimum absolute atomic E-state index is 0.125. The molecule has 0 radical (unpaired) electrons. The van der Waals surface area contributed by atoms with Crippen LogP contribution in [0.1, 0.15) is 49.7 Å². The Hall–Kier alpha value is -3.32. The van der Waals surface area contributed by atoms with Gasteiger partial charge in [-0.3, -0.25) is 9.59 Å². The summed E-state index contributed by atoms with van der Waals surface area (Å²) in [4.78, 5) is 26.6. The molecule has 1 aromatic heterocycles. The molecule has 7 heteroatoms. The minimum atomic E-state index is -0.793. The van der Waals surface area contributed by atoms with E-state index in [1.165, 1.54) is 11.3 Å². The molecule has 3 aromatic rings. The third kappa shape index (κ3) is 2.69. The molecule has 2 aromatic carbocycles. The Labute approximate surface area is 184 Å². The quantitative estimate of drug-likeness (QED) is 0.654. The lowest BCUT2D eigenvalue weighted by molar-refractivity contribution is 0.0897. The lowest BCUT2D eigenvalue weighted by Crippen LogP contribution is -2.45. The summed E-state index contributed by atoms with van der Waals surface area (Å²) >= 11 is 1.39. The van der Waals surface area contributed by atoms with Crippen molar-refractivity contribution in [3.8, 4) is 11.5 Å². The van der Waals surface area contributed by atoms with Gasteiger partial charge in [-0.2, -0.15) is 0 Å². The number of thiophene rings is 1. The molecule has 1 aliphatic heterocycles. The van der Waals surface area contributed by atoms with E-state index < -0.39 is 5.54 Å². The Balaban J connectivity index is 1.73. The average molecular weight is 435 g/mol. The number of ether oxygens (including phenoxy) is 2. The highest BCUT2D eigenvalue weighted by Gasteiger charge is 2.57. The Morgan fingerprint density at radius 3 is 2.61 bits per heavy atom. The molecule has 1 spiro atoms. The van der Waals surface area contributed by atoms with Crippen molar-refractivity contribution in [2.24, 2.45) is 5.92 Å². The zero-order chi connectivity index (χ0) is 21.8. The molecule has 0 fully saturated rings. The van der Waals surface area contributed by atoms with Crippen LogP contribution in [0.3, 0.4) is 0 Å². The van der Waals surface area contributed by atoms with E-state index in [2.05, 4.69) is 10.6 Å². The van der Waals surface area contributed by atoms with Crippen molar-refractivity contribution in [3.63, 3.8) is 0 Å². The first-order valence-corrected chi connectivity index (χ1v) is 10.9. The summed E-state index contributed by atoms with van der Waals surface area (Å²) < 4.78 is 11.3. The highest BCUT2D eigenvalue weighted by molar-refractivity contribution is 7.12. The standard InChI is InChI=1S/C24H22N2O4S/c1-13-21(25-23(28)19-9-6-10-31-19)20-17(11-14(29-2)12-18(20)30-3)24(13)16-8-5-4-7-15(16)22(27)26-24/h4-13,21H,1-3H3,(H,25,28)(H,26,27)/t13-,21-,24+/m0/s1. The molecule has 2 heterocycles. The van der Waals surface area contributed by atoms with Gasteiger partial charge in [0.25, 0.3) is 11.8 Å². The number of hydrogen-bond acceptors (Lipinski definition) is 5. The monoisotopic (exact) mass is 434 g/mol. The normalized spacial score (nSPS) is 23.3.